The average molecular weight is 503 g/mol. The van der Waals surface area contributed by atoms with Crippen molar-refractivity contribution in [3.8, 4) is 0 Å². The number of carbonyl (C=O) groups is 2. The Balaban J connectivity index is 1.40. The highest BCUT2D eigenvalue weighted by Gasteiger charge is 2.44. The van der Waals surface area contributed by atoms with Gasteiger partial charge in [-0.15, -0.1) is 0 Å². The molecule has 2 N–H and O–H groups in total. The highest BCUT2D eigenvalue weighted by Crippen LogP contribution is 2.37. The third-order valence-corrected chi connectivity index (χ3v) is 5.79. The minimum absolute atomic E-state index is 0.0251. The predicted molar refractivity (Wildman–Crippen MR) is 120 cm³/mol. The standard InChI is InChI=1S/C24H21F4N5O3/c25-16-1-4-19(24(26,27)28)20(7-16)33-18-3-2-17(31-12-18)11-32-22(35)23(5-6-36-13-23)8-21(34)15-9-29-14-30-10-15/h1-4,7,9-10,12,14,33H,5-6,8,11,13H2,(H,32,35)/t23-/m0/s1. The maximum Gasteiger partial charge on any atom is 0.418 e. The molecule has 1 aliphatic heterocycles. The maximum atomic E-state index is 13.5. The van der Waals surface area contributed by atoms with Crippen molar-refractivity contribution in [3.63, 3.8) is 0 Å². The topological polar surface area (TPSA) is 106 Å². The van der Waals surface area contributed by atoms with Gasteiger partial charge in [0.25, 0.3) is 0 Å². The number of aromatic nitrogens is 3. The summed E-state index contributed by atoms with van der Waals surface area (Å²) in [6, 6.07) is 5.13. The molecule has 0 spiro atoms. The number of amides is 1. The molecule has 0 bridgehead atoms. The number of rotatable bonds is 8. The van der Waals surface area contributed by atoms with Crippen molar-refractivity contribution in [2.75, 3.05) is 18.5 Å². The molecule has 3 aromatic rings. The van der Waals surface area contributed by atoms with Gasteiger partial charge in [-0.3, -0.25) is 14.6 Å². The third-order valence-electron chi connectivity index (χ3n) is 5.79. The van der Waals surface area contributed by atoms with E-state index in [1.165, 1.54) is 37.1 Å². The summed E-state index contributed by atoms with van der Waals surface area (Å²) in [5.74, 6) is -1.47. The van der Waals surface area contributed by atoms with Gasteiger partial charge in [-0.25, -0.2) is 14.4 Å². The molecule has 3 heterocycles. The van der Waals surface area contributed by atoms with Crippen LogP contribution in [0.25, 0.3) is 0 Å². The highest BCUT2D eigenvalue weighted by atomic mass is 19.4. The molecule has 1 aromatic carbocycles. The van der Waals surface area contributed by atoms with Crippen LogP contribution in [0.4, 0.5) is 28.9 Å². The molecule has 2 aromatic heterocycles. The molecule has 188 valence electrons. The molecule has 1 amide bonds. The zero-order chi connectivity index (χ0) is 25.8. The van der Waals surface area contributed by atoms with Gasteiger partial charge in [0.15, 0.2) is 5.78 Å². The number of nitrogens with zero attached hydrogens (tertiary/aromatic N) is 3. The number of halogens is 4. The second-order valence-corrected chi connectivity index (χ2v) is 8.34. The SMILES string of the molecule is O=C(C[C@@]1(C(=O)NCc2ccc(Nc3cc(F)ccc3C(F)(F)F)cn2)CCOC1)c1cncnc1. The minimum atomic E-state index is -4.66. The van der Waals surface area contributed by atoms with Crippen molar-refractivity contribution in [1.82, 2.24) is 20.3 Å². The molecule has 0 unspecified atom stereocenters. The van der Waals surface area contributed by atoms with Gasteiger partial charge < -0.3 is 15.4 Å². The first-order valence-electron chi connectivity index (χ1n) is 10.9. The van der Waals surface area contributed by atoms with Crippen molar-refractivity contribution in [2.24, 2.45) is 5.41 Å². The lowest BCUT2D eigenvalue weighted by Crippen LogP contribution is -2.42. The fourth-order valence-corrected chi connectivity index (χ4v) is 3.84. The molecule has 0 aliphatic carbocycles. The van der Waals surface area contributed by atoms with E-state index < -0.39 is 28.7 Å². The molecule has 1 saturated heterocycles. The number of Topliss-reactive ketones (excluding diaryl/α,β-unsaturated/α-hetero) is 1. The summed E-state index contributed by atoms with van der Waals surface area (Å²) in [4.78, 5) is 37.5. The van der Waals surface area contributed by atoms with Gasteiger partial charge in [-0.05, 0) is 36.8 Å². The number of alkyl halides is 3. The van der Waals surface area contributed by atoms with Crippen LogP contribution in [0.5, 0.6) is 0 Å². The zero-order valence-corrected chi connectivity index (χ0v) is 18.8. The largest absolute Gasteiger partial charge is 0.418 e. The fraction of sp³-hybridized carbons (Fsp3) is 0.292. The minimum Gasteiger partial charge on any atom is -0.380 e. The summed E-state index contributed by atoms with van der Waals surface area (Å²) in [7, 11) is 0. The molecule has 1 atom stereocenters. The summed E-state index contributed by atoms with van der Waals surface area (Å²) in [5.41, 5.74) is -1.56. The quantitative estimate of drug-likeness (QED) is 0.353. The molecule has 0 saturated carbocycles. The van der Waals surface area contributed by atoms with E-state index >= 15 is 0 Å². The van der Waals surface area contributed by atoms with Crippen LogP contribution in [-0.2, 0) is 22.3 Å². The van der Waals surface area contributed by atoms with Gasteiger partial charge in [-0.2, -0.15) is 13.2 Å². The van der Waals surface area contributed by atoms with Crippen molar-refractivity contribution >= 4 is 23.1 Å². The van der Waals surface area contributed by atoms with Crippen LogP contribution in [0.1, 0.15) is 34.5 Å². The molecule has 12 heteroatoms. The number of ether oxygens (including phenoxy) is 1. The lowest BCUT2D eigenvalue weighted by atomic mass is 9.80. The van der Waals surface area contributed by atoms with Crippen molar-refractivity contribution in [2.45, 2.75) is 25.6 Å². The monoisotopic (exact) mass is 503 g/mol. The molecule has 36 heavy (non-hydrogen) atoms. The molecule has 4 rings (SSSR count). The van der Waals surface area contributed by atoms with Crippen molar-refractivity contribution in [1.29, 1.82) is 0 Å². The van der Waals surface area contributed by atoms with Crippen LogP contribution >= 0.6 is 0 Å². The molecular weight excluding hydrogens is 482 g/mol. The Morgan fingerprint density at radius 1 is 1.08 bits per heavy atom. The number of hydrogen-bond acceptors (Lipinski definition) is 7. The fourth-order valence-electron chi connectivity index (χ4n) is 3.84. The lowest BCUT2D eigenvalue weighted by Gasteiger charge is -2.25. The summed E-state index contributed by atoms with van der Waals surface area (Å²) < 4.78 is 58.5. The van der Waals surface area contributed by atoms with Gasteiger partial charge in [0.1, 0.15) is 12.1 Å². The first-order valence-corrected chi connectivity index (χ1v) is 10.9. The summed E-state index contributed by atoms with van der Waals surface area (Å²) in [5, 5.41) is 5.29. The van der Waals surface area contributed by atoms with Crippen LogP contribution in [0.2, 0.25) is 0 Å². The van der Waals surface area contributed by atoms with Crippen LogP contribution in [0.3, 0.4) is 0 Å². The normalized spacial score (nSPS) is 17.6. The maximum absolute atomic E-state index is 13.5. The van der Waals surface area contributed by atoms with Gasteiger partial charge in [0.2, 0.25) is 5.91 Å². The molecule has 8 nitrogen and oxygen atoms in total. The van der Waals surface area contributed by atoms with Crippen molar-refractivity contribution < 1.29 is 31.9 Å². The van der Waals surface area contributed by atoms with Crippen LogP contribution in [-0.4, -0.2) is 39.9 Å². The van der Waals surface area contributed by atoms with Crippen molar-refractivity contribution in [3.05, 3.63) is 77.9 Å². The number of hydrogen-bond donors (Lipinski definition) is 2. The van der Waals surface area contributed by atoms with Gasteiger partial charge >= 0.3 is 6.18 Å². The summed E-state index contributed by atoms with van der Waals surface area (Å²) in [6.45, 7) is 0.450. The Kier molecular flexibility index (Phi) is 7.25. The number of ketones is 1. The van der Waals surface area contributed by atoms with E-state index in [0.717, 1.165) is 12.1 Å². The van der Waals surface area contributed by atoms with E-state index in [1.807, 2.05) is 0 Å². The third kappa shape index (κ3) is 5.82. The Labute approximate surface area is 203 Å². The summed E-state index contributed by atoms with van der Waals surface area (Å²) >= 11 is 0. The number of pyridine rings is 1. The van der Waals surface area contributed by atoms with Crippen LogP contribution < -0.4 is 10.6 Å². The van der Waals surface area contributed by atoms with E-state index in [-0.39, 0.29) is 37.0 Å². The number of anilines is 2. The molecular formula is C24H21F4N5O3. The summed E-state index contributed by atoms with van der Waals surface area (Å²) in [6.07, 6.45) is 0.985. The van der Waals surface area contributed by atoms with Gasteiger partial charge in [0, 0.05) is 25.4 Å². The van der Waals surface area contributed by atoms with Crippen LogP contribution in [0, 0.1) is 11.2 Å². The molecule has 0 radical (unpaired) electrons. The zero-order valence-electron chi connectivity index (χ0n) is 18.8. The number of benzene rings is 1. The van der Waals surface area contributed by atoms with Gasteiger partial charge in [0.05, 0.1) is 53.0 Å². The van der Waals surface area contributed by atoms with E-state index in [0.29, 0.717) is 30.4 Å². The van der Waals surface area contributed by atoms with E-state index in [9.17, 15) is 27.2 Å². The number of carbonyl (C=O) groups excluding carboxylic acids is 2. The lowest BCUT2D eigenvalue weighted by molar-refractivity contribution is -0.137. The molecule has 1 fully saturated rings. The first-order chi connectivity index (χ1) is 17.2. The van der Waals surface area contributed by atoms with E-state index in [1.54, 1.807) is 0 Å². The van der Waals surface area contributed by atoms with Gasteiger partial charge in [-0.1, -0.05) is 0 Å². The second-order valence-electron chi connectivity index (χ2n) is 8.34. The molecule has 1 aliphatic rings. The number of nitrogens with one attached hydrogen (secondary N) is 2. The van der Waals surface area contributed by atoms with E-state index in [2.05, 4.69) is 25.6 Å². The van der Waals surface area contributed by atoms with E-state index in [4.69, 9.17) is 4.74 Å². The Morgan fingerprint density at radius 3 is 2.50 bits per heavy atom. The first kappa shape index (κ1) is 25.2. The Hall–Kier alpha value is -3.93. The van der Waals surface area contributed by atoms with Crippen LogP contribution in [0.15, 0.2) is 55.2 Å². The second kappa shape index (κ2) is 10.4. The Bertz CT molecular complexity index is 1230. The highest BCUT2D eigenvalue weighted by molar-refractivity contribution is 5.99. The smallest absolute Gasteiger partial charge is 0.380 e. The Morgan fingerprint density at radius 2 is 1.86 bits per heavy atom. The predicted octanol–water partition coefficient (Wildman–Crippen LogP) is 4.07. The average Bonchev–Trinajstić information content (AvgIpc) is 3.33.